The molecule has 0 aliphatic heterocycles. The van der Waals surface area contributed by atoms with Gasteiger partial charge in [0.15, 0.2) is 0 Å². The third-order valence-electron chi connectivity index (χ3n) is 6.06. The van der Waals surface area contributed by atoms with Crippen LogP contribution in [0.5, 0.6) is 5.75 Å². The van der Waals surface area contributed by atoms with Gasteiger partial charge in [-0.2, -0.15) is 0 Å². The fourth-order valence-electron chi connectivity index (χ4n) is 4.12. The van der Waals surface area contributed by atoms with Crippen LogP contribution in [0.15, 0.2) is 122 Å². The Kier molecular flexibility index (Phi) is 7.23. The maximum atomic E-state index is 13.7. The van der Waals surface area contributed by atoms with Gasteiger partial charge in [0.05, 0.1) is 16.8 Å². The lowest BCUT2D eigenvalue weighted by atomic mass is 10.0. The van der Waals surface area contributed by atoms with Crippen molar-refractivity contribution in [3.63, 3.8) is 0 Å². The van der Waals surface area contributed by atoms with Crippen LogP contribution in [0.4, 0.5) is 5.69 Å². The molecule has 4 aromatic carbocycles. The number of carboxylic acids is 1. The van der Waals surface area contributed by atoms with E-state index in [-0.39, 0.29) is 23.4 Å². The van der Waals surface area contributed by atoms with Gasteiger partial charge in [0.1, 0.15) is 12.4 Å². The highest BCUT2D eigenvalue weighted by molar-refractivity contribution is 6.10. The van der Waals surface area contributed by atoms with Crippen molar-refractivity contribution >= 4 is 17.6 Å². The zero-order chi connectivity index (χ0) is 26.3. The lowest BCUT2D eigenvalue weighted by Crippen LogP contribution is -2.16. The Morgan fingerprint density at radius 3 is 2.11 bits per heavy atom. The number of carboxylic acid groups (broad SMARTS) is 1. The molecule has 6 heteroatoms. The van der Waals surface area contributed by atoms with Crippen molar-refractivity contribution < 1.29 is 19.4 Å². The Bertz CT molecular complexity index is 1570. The first-order valence-electron chi connectivity index (χ1n) is 12.0. The van der Waals surface area contributed by atoms with Crippen LogP contribution in [0.2, 0.25) is 0 Å². The van der Waals surface area contributed by atoms with Crippen molar-refractivity contribution in [3.05, 3.63) is 138 Å². The van der Waals surface area contributed by atoms with E-state index in [4.69, 9.17) is 4.74 Å². The summed E-state index contributed by atoms with van der Waals surface area (Å²) in [5.74, 6) is -1.23. The van der Waals surface area contributed by atoms with E-state index >= 15 is 0 Å². The topological polar surface area (TPSA) is 88.5 Å². The molecule has 0 saturated heterocycles. The van der Waals surface area contributed by atoms with Crippen molar-refractivity contribution in [2.24, 2.45) is 0 Å². The predicted molar refractivity (Wildman–Crippen MR) is 147 cm³/mol. The van der Waals surface area contributed by atoms with Gasteiger partial charge in [-0.25, -0.2) is 4.79 Å². The van der Waals surface area contributed by atoms with Crippen molar-refractivity contribution in [3.8, 4) is 28.0 Å². The monoisotopic (exact) mass is 500 g/mol. The van der Waals surface area contributed by atoms with Gasteiger partial charge in [-0.3, -0.25) is 9.78 Å². The molecule has 6 nitrogen and oxygen atoms in total. The second-order valence-electron chi connectivity index (χ2n) is 8.61. The second kappa shape index (κ2) is 11.2. The van der Waals surface area contributed by atoms with Crippen LogP contribution in [-0.4, -0.2) is 22.0 Å². The Labute approximate surface area is 220 Å². The number of benzene rings is 4. The van der Waals surface area contributed by atoms with Crippen LogP contribution in [-0.2, 0) is 6.61 Å². The molecule has 0 aliphatic rings. The van der Waals surface area contributed by atoms with Gasteiger partial charge in [0.25, 0.3) is 5.91 Å². The van der Waals surface area contributed by atoms with Crippen LogP contribution in [0.3, 0.4) is 0 Å². The first-order valence-corrected chi connectivity index (χ1v) is 12.0. The van der Waals surface area contributed by atoms with Crippen molar-refractivity contribution in [2.45, 2.75) is 6.61 Å². The fraction of sp³-hybridized carbons (Fsp3) is 0.0312. The van der Waals surface area contributed by atoms with Gasteiger partial charge < -0.3 is 15.2 Å². The summed E-state index contributed by atoms with van der Waals surface area (Å²) >= 11 is 0. The minimum Gasteiger partial charge on any atom is -0.488 e. The van der Waals surface area contributed by atoms with E-state index in [1.165, 1.54) is 6.07 Å². The number of ether oxygens (including phenoxy) is 1. The van der Waals surface area contributed by atoms with E-state index in [1.54, 1.807) is 36.7 Å². The molecule has 1 aromatic heterocycles. The highest BCUT2D eigenvalue weighted by atomic mass is 16.5. The maximum absolute atomic E-state index is 13.7. The van der Waals surface area contributed by atoms with E-state index in [0.29, 0.717) is 5.75 Å². The maximum Gasteiger partial charge on any atom is 0.337 e. The van der Waals surface area contributed by atoms with Gasteiger partial charge in [-0.1, -0.05) is 78.9 Å². The SMILES string of the molecule is O=C(O)c1ccc(-c2ccccc2)cc1NC(=O)c1cc(-c2cccnc2)ccc1OCc1ccccc1. The van der Waals surface area contributed by atoms with E-state index in [9.17, 15) is 14.7 Å². The summed E-state index contributed by atoms with van der Waals surface area (Å²) in [6.45, 7) is 0.275. The van der Waals surface area contributed by atoms with Crippen LogP contribution < -0.4 is 10.1 Å². The summed E-state index contributed by atoms with van der Waals surface area (Å²) in [7, 11) is 0. The standard InChI is InChI=1S/C32H24N2O4/c35-31(34-29-19-25(13-15-27(29)32(36)37)23-10-5-2-6-11-23)28-18-24(26-12-7-17-33-20-26)14-16-30(28)38-21-22-8-3-1-4-9-22/h1-20H,21H2,(H,34,35)(H,36,37). The van der Waals surface area contributed by atoms with E-state index < -0.39 is 11.9 Å². The number of carbonyl (C=O) groups excluding carboxylic acids is 1. The van der Waals surface area contributed by atoms with Gasteiger partial charge in [0.2, 0.25) is 0 Å². The molecule has 0 fully saturated rings. The number of anilines is 1. The number of hydrogen-bond acceptors (Lipinski definition) is 4. The molecule has 38 heavy (non-hydrogen) atoms. The van der Waals surface area contributed by atoms with E-state index in [2.05, 4.69) is 10.3 Å². The number of amides is 1. The van der Waals surface area contributed by atoms with Crippen LogP contribution in [0.1, 0.15) is 26.3 Å². The Morgan fingerprint density at radius 2 is 1.39 bits per heavy atom. The summed E-state index contributed by atoms with van der Waals surface area (Å²) in [6.07, 6.45) is 3.40. The molecule has 0 spiro atoms. The molecule has 2 N–H and O–H groups in total. The normalized spacial score (nSPS) is 10.5. The number of aromatic nitrogens is 1. The Morgan fingerprint density at radius 1 is 0.711 bits per heavy atom. The Balaban J connectivity index is 1.51. The molecule has 0 unspecified atom stereocenters. The smallest absolute Gasteiger partial charge is 0.337 e. The number of pyridine rings is 1. The van der Waals surface area contributed by atoms with Crippen molar-refractivity contribution in [1.29, 1.82) is 0 Å². The van der Waals surface area contributed by atoms with Gasteiger partial charge in [0, 0.05) is 18.0 Å². The summed E-state index contributed by atoms with van der Waals surface area (Å²) in [6, 6.07) is 33.2. The predicted octanol–water partition coefficient (Wildman–Crippen LogP) is 6.95. The molecular weight excluding hydrogens is 476 g/mol. The van der Waals surface area contributed by atoms with Crippen LogP contribution in [0, 0.1) is 0 Å². The number of rotatable bonds is 8. The zero-order valence-electron chi connectivity index (χ0n) is 20.4. The van der Waals surface area contributed by atoms with Gasteiger partial charge >= 0.3 is 5.97 Å². The van der Waals surface area contributed by atoms with Crippen LogP contribution in [0.25, 0.3) is 22.3 Å². The first-order chi connectivity index (χ1) is 18.6. The van der Waals surface area contributed by atoms with E-state index in [1.807, 2.05) is 78.9 Å². The highest BCUT2D eigenvalue weighted by Crippen LogP contribution is 2.30. The number of carbonyl (C=O) groups is 2. The average Bonchev–Trinajstić information content (AvgIpc) is 2.97. The molecule has 1 amide bonds. The minimum atomic E-state index is -1.13. The zero-order valence-corrected chi connectivity index (χ0v) is 20.4. The number of nitrogens with zero attached hydrogens (tertiary/aromatic N) is 1. The molecule has 5 rings (SSSR count). The lowest BCUT2D eigenvalue weighted by Gasteiger charge is -2.15. The number of nitrogens with one attached hydrogen (secondary N) is 1. The van der Waals surface area contributed by atoms with Crippen molar-refractivity contribution in [2.75, 3.05) is 5.32 Å². The molecule has 0 aliphatic carbocycles. The summed E-state index contributed by atoms with van der Waals surface area (Å²) in [5.41, 5.74) is 4.75. The Hall–Kier alpha value is -5.23. The number of aromatic carboxylic acids is 1. The van der Waals surface area contributed by atoms with Gasteiger partial charge in [-0.05, 0) is 52.6 Å². The second-order valence-corrected chi connectivity index (χ2v) is 8.61. The minimum absolute atomic E-state index is 0.00630. The third kappa shape index (κ3) is 5.60. The van der Waals surface area contributed by atoms with E-state index in [0.717, 1.165) is 27.8 Å². The van der Waals surface area contributed by atoms with Gasteiger partial charge in [-0.15, -0.1) is 0 Å². The molecule has 186 valence electrons. The molecule has 0 saturated carbocycles. The molecule has 0 atom stereocenters. The summed E-state index contributed by atoms with van der Waals surface area (Å²) < 4.78 is 6.05. The highest BCUT2D eigenvalue weighted by Gasteiger charge is 2.19. The summed E-state index contributed by atoms with van der Waals surface area (Å²) in [5, 5.41) is 12.6. The molecule has 1 heterocycles. The first kappa shape index (κ1) is 24.5. The molecule has 5 aromatic rings. The molecular formula is C32H24N2O4. The number of hydrogen-bond donors (Lipinski definition) is 2. The third-order valence-corrected chi connectivity index (χ3v) is 6.06. The summed E-state index contributed by atoms with van der Waals surface area (Å²) in [4.78, 5) is 29.8. The lowest BCUT2D eigenvalue weighted by molar-refractivity contribution is 0.0698. The fourth-order valence-corrected chi connectivity index (χ4v) is 4.12. The van der Waals surface area contributed by atoms with Crippen molar-refractivity contribution in [1.82, 2.24) is 4.98 Å². The molecule has 0 radical (unpaired) electrons. The largest absolute Gasteiger partial charge is 0.488 e. The quantitative estimate of drug-likeness (QED) is 0.241. The average molecular weight is 501 g/mol. The molecule has 0 bridgehead atoms. The van der Waals surface area contributed by atoms with Crippen LogP contribution >= 0.6 is 0 Å².